The van der Waals surface area contributed by atoms with Gasteiger partial charge in [0.05, 0.1) is 18.6 Å². The number of rotatable bonds is 5. The number of esters is 1. The summed E-state index contributed by atoms with van der Waals surface area (Å²) in [5.74, 6) is -0.197. The fourth-order valence-corrected chi connectivity index (χ4v) is 2.27. The second-order valence-corrected chi connectivity index (χ2v) is 6.28. The standard InChI is InChI=1S/C14H27NO3/c1-13(2,3)18-10-9-17-12(16)11-14(15)7-5-4-6-8-14/h4-11,15H2,1-3H3. The van der Waals surface area contributed by atoms with E-state index < -0.39 is 0 Å². The van der Waals surface area contributed by atoms with Crippen LogP contribution in [0.3, 0.4) is 0 Å². The zero-order chi connectivity index (χ0) is 13.6. The first-order chi connectivity index (χ1) is 8.31. The average Bonchev–Trinajstić information content (AvgIpc) is 2.23. The molecule has 0 radical (unpaired) electrons. The van der Waals surface area contributed by atoms with Crippen LogP contribution < -0.4 is 5.73 Å². The molecule has 1 aliphatic rings. The highest BCUT2D eigenvalue weighted by molar-refractivity contribution is 5.70. The van der Waals surface area contributed by atoms with Crippen LogP contribution >= 0.6 is 0 Å². The van der Waals surface area contributed by atoms with Gasteiger partial charge in [0.25, 0.3) is 0 Å². The monoisotopic (exact) mass is 257 g/mol. The van der Waals surface area contributed by atoms with Crippen LogP contribution in [0.5, 0.6) is 0 Å². The van der Waals surface area contributed by atoms with Crippen molar-refractivity contribution in [2.45, 2.75) is 70.4 Å². The zero-order valence-electron chi connectivity index (χ0n) is 12.0. The van der Waals surface area contributed by atoms with E-state index in [0.717, 1.165) is 25.7 Å². The van der Waals surface area contributed by atoms with Crippen LogP contribution in [0.1, 0.15) is 59.3 Å². The van der Waals surface area contributed by atoms with Gasteiger partial charge in [-0.15, -0.1) is 0 Å². The molecule has 4 nitrogen and oxygen atoms in total. The van der Waals surface area contributed by atoms with Crippen molar-refractivity contribution in [2.75, 3.05) is 13.2 Å². The number of hydrogen-bond donors (Lipinski definition) is 1. The lowest BCUT2D eigenvalue weighted by Gasteiger charge is -2.32. The molecule has 0 aliphatic heterocycles. The molecule has 0 spiro atoms. The number of nitrogens with two attached hydrogens (primary N) is 1. The lowest BCUT2D eigenvalue weighted by molar-refractivity contribution is -0.148. The second kappa shape index (κ2) is 6.53. The van der Waals surface area contributed by atoms with Crippen LogP contribution in [-0.4, -0.2) is 30.3 Å². The molecule has 0 aromatic heterocycles. The molecule has 4 heteroatoms. The Kier molecular flexibility index (Phi) is 5.60. The Hall–Kier alpha value is -0.610. The Balaban J connectivity index is 2.17. The molecule has 106 valence electrons. The van der Waals surface area contributed by atoms with Crippen LogP contribution in [0, 0.1) is 0 Å². The van der Waals surface area contributed by atoms with Crippen molar-refractivity contribution in [1.82, 2.24) is 0 Å². The van der Waals surface area contributed by atoms with Gasteiger partial charge in [-0.1, -0.05) is 19.3 Å². The Morgan fingerprint density at radius 1 is 1.17 bits per heavy atom. The van der Waals surface area contributed by atoms with Gasteiger partial charge in [0, 0.05) is 5.54 Å². The van der Waals surface area contributed by atoms with E-state index in [2.05, 4.69) is 0 Å². The molecule has 0 aromatic rings. The summed E-state index contributed by atoms with van der Waals surface area (Å²) in [6, 6.07) is 0. The summed E-state index contributed by atoms with van der Waals surface area (Å²) in [6.45, 7) is 6.68. The van der Waals surface area contributed by atoms with Crippen LogP contribution in [0.4, 0.5) is 0 Å². The van der Waals surface area contributed by atoms with Gasteiger partial charge in [0.1, 0.15) is 6.61 Å². The number of hydrogen-bond acceptors (Lipinski definition) is 4. The van der Waals surface area contributed by atoms with Crippen LogP contribution in [-0.2, 0) is 14.3 Å². The molecule has 1 saturated carbocycles. The first kappa shape index (κ1) is 15.4. The number of carbonyl (C=O) groups is 1. The number of ether oxygens (including phenoxy) is 2. The van der Waals surface area contributed by atoms with Crippen molar-refractivity contribution in [2.24, 2.45) is 5.73 Å². The summed E-state index contributed by atoms with van der Waals surface area (Å²) in [6.07, 6.45) is 5.67. The summed E-state index contributed by atoms with van der Waals surface area (Å²) in [5, 5.41) is 0. The predicted molar refractivity (Wildman–Crippen MR) is 71.3 cm³/mol. The van der Waals surface area contributed by atoms with E-state index >= 15 is 0 Å². The summed E-state index contributed by atoms with van der Waals surface area (Å²) >= 11 is 0. The minimum Gasteiger partial charge on any atom is -0.463 e. The van der Waals surface area contributed by atoms with E-state index in [-0.39, 0.29) is 17.1 Å². The zero-order valence-corrected chi connectivity index (χ0v) is 12.0. The fraction of sp³-hybridized carbons (Fsp3) is 0.929. The van der Waals surface area contributed by atoms with Crippen LogP contribution in [0.15, 0.2) is 0 Å². The van der Waals surface area contributed by atoms with Crippen molar-refractivity contribution < 1.29 is 14.3 Å². The smallest absolute Gasteiger partial charge is 0.307 e. The fourth-order valence-electron chi connectivity index (χ4n) is 2.27. The van der Waals surface area contributed by atoms with Gasteiger partial charge >= 0.3 is 5.97 Å². The van der Waals surface area contributed by atoms with Crippen molar-refractivity contribution >= 4 is 5.97 Å². The molecule has 0 atom stereocenters. The number of carbonyl (C=O) groups excluding carboxylic acids is 1. The van der Waals surface area contributed by atoms with Crippen molar-refractivity contribution in [3.05, 3.63) is 0 Å². The molecule has 0 aromatic carbocycles. The topological polar surface area (TPSA) is 61.5 Å². The van der Waals surface area contributed by atoms with Gasteiger partial charge in [0.2, 0.25) is 0 Å². The first-order valence-electron chi connectivity index (χ1n) is 6.89. The molecule has 0 amide bonds. The van der Waals surface area contributed by atoms with E-state index in [4.69, 9.17) is 15.2 Å². The maximum atomic E-state index is 11.7. The van der Waals surface area contributed by atoms with Gasteiger partial charge in [-0.05, 0) is 33.6 Å². The summed E-state index contributed by atoms with van der Waals surface area (Å²) in [5.41, 5.74) is 5.68. The predicted octanol–water partition coefficient (Wildman–Crippen LogP) is 2.40. The Morgan fingerprint density at radius 3 is 2.33 bits per heavy atom. The minimum atomic E-state index is -0.333. The van der Waals surface area contributed by atoms with Crippen LogP contribution in [0.2, 0.25) is 0 Å². The van der Waals surface area contributed by atoms with E-state index in [1.807, 2.05) is 20.8 Å². The van der Waals surface area contributed by atoms with Crippen LogP contribution in [0.25, 0.3) is 0 Å². The van der Waals surface area contributed by atoms with Gasteiger partial charge in [-0.2, -0.15) is 0 Å². The molecule has 0 bridgehead atoms. The molecule has 0 saturated heterocycles. The lowest BCUT2D eigenvalue weighted by Crippen LogP contribution is -2.44. The summed E-state index contributed by atoms with van der Waals surface area (Å²) in [4.78, 5) is 11.7. The van der Waals surface area contributed by atoms with Gasteiger partial charge < -0.3 is 15.2 Å². The van der Waals surface area contributed by atoms with Gasteiger partial charge in [-0.3, -0.25) is 4.79 Å². The molecule has 1 rings (SSSR count). The molecule has 1 aliphatic carbocycles. The third kappa shape index (κ3) is 6.36. The van der Waals surface area contributed by atoms with Gasteiger partial charge in [0.15, 0.2) is 0 Å². The molecular formula is C14H27NO3. The minimum absolute atomic E-state index is 0.190. The van der Waals surface area contributed by atoms with E-state index in [9.17, 15) is 4.79 Å². The molecule has 2 N–H and O–H groups in total. The largest absolute Gasteiger partial charge is 0.463 e. The van der Waals surface area contributed by atoms with Crippen molar-refractivity contribution in [3.63, 3.8) is 0 Å². The third-order valence-corrected chi connectivity index (χ3v) is 3.23. The van der Waals surface area contributed by atoms with E-state index in [1.165, 1.54) is 6.42 Å². The Labute approximate surface area is 110 Å². The normalized spacial score (nSPS) is 19.6. The summed E-state index contributed by atoms with van der Waals surface area (Å²) < 4.78 is 10.6. The van der Waals surface area contributed by atoms with Gasteiger partial charge in [-0.25, -0.2) is 0 Å². The Morgan fingerprint density at radius 2 is 1.78 bits per heavy atom. The maximum Gasteiger partial charge on any atom is 0.307 e. The second-order valence-electron chi connectivity index (χ2n) is 6.28. The quantitative estimate of drug-likeness (QED) is 0.607. The van der Waals surface area contributed by atoms with E-state index in [1.54, 1.807) is 0 Å². The lowest BCUT2D eigenvalue weighted by atomic mass is 9.80. The highest BCUT2D eigenvalue weighted by atomic mass is 16.6. The highest BCUT2D eigenvalue weighted by Gasteiger charge is 2.30. The SMILES string of the molecule is CC(C)(C)OCCOC(=O)CC1(N)CCCCC1. The molecule has 18 heavy (non-hydrogen) atoms. The van der Waals surface area contributed by atoms with E-state index in [0.29, 0.717) is 19.6 Å². The third-order valence-electron chi connectivity index (χ3n) is 3.23. The maximum absolute atomic E-state index is 11.7. The molecular weight excluding hydrogens is 230 g/mol. The van der Waals surface area contributed by atoms with Crippen molar-refractivity contribution in [1.29, 1.82) is 0 Å². The molecule has 0 unspecified atom stereocenters. The Bertz CT molecular complexity index is 265. The average molecular weight is 257 g/mol. The highest BCUT2D eigenvalue weighted by Crippen LogP contribution is 2.28. The summed E-state index contributed by atoms with van der Waals surface area (Å²) in [7, 11) is 0. The van der Waals surface area contributed by atoms with Crippen molar-refractivity contribution in [3.8, 4) is 0 Å². The molecule has 1 fully saturated rings. The molecule has 0 heterocycles. The first-order valence-corrected chi connectivity index (χ1v) is 6.89.